The quantitative estimate of drug-likeness (QED) is 0.139. The van der Waals surface area contributed by atoms with Gasteiger partial charge in [-0.25, -0.2) is 15.0 Å². The highest BCUT2D eigenvalue weighted by molar-refractivity contribution is 7.86. The Morgan fingerprint density at radius 2 is 1.08 bits per heavy atom. The molecular formula is C35H36N6O6S2. The van der Waals surface area contributed by atoms with E-state index in [1.165, 1.54) is 0 Å². The van der Waals surface area contributed by atoms with Crippen molar-refractivity contribution in [2.45, 2.75) is 25.9 Å². The highest BCUT2D eigenvalue weighted by atomic mass is 32.2. The molecule has 3 heterocycles. The summed E-state index contributed by atoms with van der Waals surface area (Å²) in [6.07, 6.45) is 4.28. The number of hydrogen-bond acceptors (Lipinski definition) is 8. The van der Waals surface area contributed by atoms with Gasteiger partial charge in [0.05, 0.1) is 33.6 Å². The normalized spacial score (nSPS) is 12.4. The molecule has 3 aromatic heterocycles. The van der Waals surface area contributed by atoms with E-state index in [1.807, 2.05) is 125 Å². The summed E-state index contributed by atoms with van der Waals surface area (Å²) >= 11 is 0. The lowest BCUT2D eigenvalue weighted by Gasteiger charge is -2.13. The van der Waals surface area contributed by atoms with Gasteiger partial charge in [0, 0.05) is 32.9 Å². The first-order valence-electron chi connectivity index (χ1n) is 15.6. The summed E-state index contributed by atoms with van der Waals surface area (Å²) in [6.45, 7) is 0.526. The Morgan fingerprint density at radius 1 is 0.633 bits per heavy atom. The molecule has 49 heavy (non-hydrogen) atoms. The molecule has 0 aliphatic heterocycles. The predicted molar refractivity (Wildman–Crippen MR) is 193 cm³/mol. The van der Waals surface area contributed by atoms with Gasteiger partial charge in [-0.05, 0) is 72.5 Å². The van der Waals surface area contributed by atoms with Crippen LogP contribution in [0, 0.1) is 0 Å². The van der Waals surface area contributed by atoms with Crippen LogP contribution in [0.3, 0.4) is 0 Å². The second-order valence-electron chi connectivity index (χ2n) is 11.9. The van der Waals surface area contributed by atoms with Crippen LogP contribution in [-0.4, -0.2) is 75.6 Å². The van der Waals surface area contributed by atoms with Crippen molar-refractivity contribution in [2.24, 2.45) is 0 Å². The number of fused-ring (bicyclic) bond motifs is 2. The van der Waals surface area contributed by atoms with Gasteiger partial charge in [0.1, 0.15) is 11.4 Å². The van der Waals surface area contributed by atoms with Gasteiger partial charge in [0.15, 0.2) is 11.6 Å². The van der Waals surface area contributed by atoms with Crippen molar-refractivity contribution in [3.05, 3.63) is 96.1 Å². The van der Waals surface area contributed by atoms with Crippen molar-refractivity contribution in [3.8, 4) is 23.0 Å². The summed E-state index contributed by atoms with van der Waals surface area (Å²) < 4.78 is 68.8. The number of rotatable bonds is 13. The average Bonchev–Trinajstić information content (AvgIpc) is 3.61. The number of nitrogens with zero attached hydrogens (tertiary/aromatic N) is 6. The van der Waals surface area contributed by atoms with Gasteiger partial charge in [-0.1, -0.05) is 48.6 Å². The summed E-state index contributed by atoms with van der Waals surface area (Å²) in [7, 11) is -4.35. The molecule has 0 aliphatic carbocycles. The Bertz CT molecular complexity index is 2250. The SMILES string of the molecule is CN(C)c1ccc(/C=C/c2cc(-c3nc4ccccc4n3CCCS(=O)(=O)O)nc(-c3nc4ccccc4n3CCCS(=O)(=O)O)c2)cc1. The van der Waals surface area contributed by atoms with Crippen molar-refractivity contribution in [1.29, 1.82) is 0 Å². The smallest absolute Gasteiger partial charge is 0.264 e. The van der Waals surface area contributed by atoms with Crippen LogP contribution in [0.1, 0.15) is 24.0 Å². The van der Waals surface area contributed by atoms with Crippen LogP contribution >= 0.6 is 0 Å². The van der Waals surface area contributed by atoms with Gasteiger partial charge in [-0.2, -0.15) is 16.8 Å². The van der Waals surface area contributed by atoms with E-state index in [-0.39, 0.29) is 25.9 Å². The lowest BCUT2D eigenvalue weighted by atomic mass is 10.1. The molecule has 6 rings (SSSR count). The number of aromatic nitrogens is 5. The Morgan fingerprint density at radius 3 is 1.53 bits per heavy atom. The third-order valence-electron chi connectivity index (χ3n) is 8.06. The van der Waals surface area contributed by atoms with Crippen molar-refractivity contribution >= 4 is 60.1 Å². The minimum atomic E-state index is -4.16. The van der Waals surface area contributed by atoms with Gasteiger partial charge in [-0.15, -0.1) is 0 Å². The molecule has 0 atom stereocenters. The van der Waals surface area contributed by atoms with E-state index in [0.29, 0.717) is 34.1 Å². The second kappa shape index (κ2) is 13.9. The molecule has 14 heteroatoms. The van der Waals surface area contributed by atoms with E-state index in [0.717, 1.165) is 27.8 Å². The summed E-state index contributed by atoms with van der Waals surface area (Å²) in [6, 6.07) is 27.0. The van der Waals surface area contributed by atoms with Crippen molar-refractivity contribution in [1.82, 2.24) is 24.1 Å². The first kappa shape index (κ1) is 34.0. The van der Waals surface area contributed by atoms with Crippen LogP contribution in [0.4, 0.5) is 5.69 Å². The fourth-order valence-electron chi connectivity index (χ4n) is 5.76. The molecule has 6 aromatic rings. The largest absolute Gasteiger partial charge is 0.378 e. The van der Waals surface area contributed by atoms with Gasteiger partial charge in [-0.3, -0.25) is 9.11 Å². The minimum Gasteiger partial charge on any atom is -0.378 e. The summed E-state index contributed by atoms with van der Waals surface area (Å²) in [5.74, 6) is 0.219. The maximum Gasteiger partial charge on any atom is 0.264 e. The third-order valence-corrected chi connectivity index (χ3v) is 9.67. The van der Waals surface area contributed by atoms with Crippen LogP contribution in [0.2, 0.25) is 0 Å². The van der Waals surface area contributed by atoms with Gasteiger partial charge in [0.25, 0.3) is 20.2 Å². The molecule has 0 fully saturated rings. The average molecular weight is 701 g/mol. The monoisotopic (exact) mass is 700 g/mol. The molecule has 0 radical (unpaired) electrons. The molecule has 0 saturated heterocycles. The number of benzene rings is 3. The zero-order valence-electron chi connectivity index (χ0n) is 27.0. The number of aryl methyl sites for hydroxylation is 2. The fourth-order valence-corrected chi connectivity index (χ4v) is 6.75. The molecule has 3 aromatic carbocycles. The molecule has 0 amide bonds. The maximum atomic E-state index is 11.6. The molecule has 12 nitrogen and oxygen atoms in total. The van der Waals surface area contributed by atoms with Gasteiger partial charge < -0.3 is 14.0 Å². The number of hydrogen-bond donors (Lipinski definition) is 2. The van der Waals surface area contributed by atoms with Crippen LogP contribution in [0.25, 0.3) is 57.3 Å². The maximum absolute atomic E-state index is 11.6. The summed E-state index contributed by atoms with van der Waals surface area (Å²) in [4.78, 5) is 16.9. The molecule has 0 aliphatic rings. The Labute approximate surface area is 284 Å². The van der Waals surface area contributed by atoms with Gasteiger partial charge >= 0.3 is 0 Å². The van der Waals surface area contributed by atoms with Gasteiger partial charge in [0.2, 0.25) is 0 Å². The number of anilines is 1. The molecule has 0 unspecified atom stereocenters. The van der Waals surface area contributed by atoms with Crippen molar-refractivity contribution in [2.75, 3.05) is 30.5 Å². The first-order chi connectivity index (χ1) is 23.3. The third kappa shape index (κ3) is 8.23. The van der Waals surface area contributed by atoms with E-state index in [1.54, 1.807) is 0 Å². The van der Waals surface area contributed by atoms with Crippen LogP contribution in [-0.2, 0) is 33.3 Å². The summed E-state index contributed by atoms with van der Waals surface area (Å²) in [5.41, 5.74) is 6.86. The van der Waals surface area contributed by atoms with Crippen LogP contribution < -0.4 is 4.90 Å². The van der Waals surface area contributed by atoms with Crippen molar-refractivity contribution < 1.29 is 25.9 Å². The first-order valence-corrected chi connectivity index (χ1v) is 18.9. The van der Waals surface area contributed by atoms with Crippen molar-refractivity contribution in [3.63, 3.8) is 0 Å². The molecule has 0 spiro atoms. The lowest BCUT2D eigenvalue weighted by molar-refractivity contribution is 0.476. The summed E-state index contributed by atoms with van der Waals surface area (Å²) in [5, 5.41) is 0. The van der Waals surface area contributed by atoms with Crippen LogP contribution in [0.5, 0.6) is 0 Å². The molecule has 2 N–H and O–H groups in total. The van der Waals surface area contributed by atoms with E-state index < -0.39 is 31.7 Å². The zero-order chi connectivity index (χ0) is 34.8. The Balaban J connectivity index is 1.50. The number of pyridine rings is 1. The highest BCUT2D eigenvalue weighted by Gasteiger charge is 2.20. The lowest BCUT2D eigenvalue weighted by Crippen LogP contribution is -2.10. The molecule has 0 bridgehead atoms. The number of para-hydroxylation sites is 4. The van der Waals surface area contributed by atoms with E-state index >= 15 is 0 Å². The predicted octanol–water partition coefficient (Wildman–Crippen LogP) is 5.91. The molecule has 0 saturated carbocycles. The minimum absolute atomic E-state index is 0.158. The van der Waals surface area contributed by atoms with Crippen LogP contribution in [0.15, 0.2) is 84.9 Å². The standard InChI is InChI=1S/C35H36N6O6S2/c1-39(2)27-17-15-25(16-18-27)13-14-26-23-30(34-37-28-9-3-5-11-32(28)40(34)19-7-21-48(42,43)44)36-31(24-26)35-38-29-10-4-6-12-33(29)41(35)20-8-22-49(45,46)47/h3-6,9-18,23-24H,7-8,19-22H2,1-2H3,(H,42,43,44)(H,45,46,47)/b14-13+. The van der Waals surface area contributed by atoms with E-state index in [2.05, 4.69) is 0 Å². The van der Waals surface area contributed by atoms with E-state index in [9.17, 15) is 25.9 Å². The topological polar surface area (TPSA) is 161 Å². The van der Waals surface area contributed by atoms with E-state index in [4.69, 9.17) is 15.0 Å². The molecular weight excluding hydrogens is 665 g/mol. The number of imidazole rings is 2. The molecule has 254 valence electrons. The second-order valence-corrected chi connectivity index (χ2v) is 15.1. The fraction of sp³-hybridized carbons (Fsp3) is 0.229. The zero-order valence-corrected chi connectivity index (χ0v) is 28.6. The highest BCUT2D eigenvalue weighted by Crippen LogP contribution is 2.31. The Kier molecular flexibility index (Phi) is 9.65. The Hall–Kier alpha value is -4.89.